The molecule has 6 heteroatoms. The fourth-order valence-corrected chi connectivity index (χ4v) is 1.66. The van der Waals surface area contributed by atoms with Gasteiger partial charge in [0.05, 0.1) is 12.7 Å². The molecule has 0 radical (unpaired) electrons. The van der Waals surface area contributed by atoms with Crippen LogP contribution in [0.3, 0.4) is 0 Å². The van der Waals surface area contributed by atoms with Crippen LogP contribution in [0, 0.1) is 11.3 Å². The predicted octanol–water partition coefficient (Wildman–Crippen LogP) is 1.53. The summed E-state index contributed by atoms with van der Waals surface area (Å²) in [5, 5.41) is 11.7. The Morgan fingerprint density at radius 2 is 1.95 bits per heavy atom. The van der Waals surface area contributed by atoms with Crippen LogP contribution in [0.25, 0.3) is 6.08 Å². The van der Waals surface area contributed by atoms with Gasteiger partial charge < -0.3 is 14.8 Å². The number of hydrogen-bond donors (Lipinski definition) is 1. The van der Waals surface area contributed by atoms with Gasteiger partial charge in [-0.15, -0.1) is 0 Å². The standard InChI is InChI=1S/C16H18N2O4/c1-21-9-3-8-18-15(19)14(11-17)10-12-4-6-13(7-5-12)16(20)22-2/h4-7,10H,3,8-9H2,1-2H3,(H,18,19)/b14-10+. The number of carbonyl (C=O) groups is 2. The van der Waals surface area contributed by atoms with E-state index in [1.807, 2.05) is 6.07 Å². The van der Waals surface area contributed by atoms with E-state index >= 15 is 0 Å². The fourth-order valence-electron chi connectivity index (χ4n) is 1.66. The molecule has 1 aromatic rings. The molecule has 0 atom stereocenters. The number of rotatable bonds is 7. The Labute approximate surface area is 129 Å². The number of amides is 1. The Morgan fingerprint density at radius 3 is 2.50 bits per heavy atom. The smallest absolute Gasteiger partial charge is 0.337 e. The van der Waals surface area contributed by atoms with E-state index in [0.29, 0.717) is 30.7 Å². The zero-order chi connectivity index (χ0) is 16.4. The van der Waals surface area contributed by atoms with Crippen molar-refractivity contribution in [3.05, 3.63) is 41.0 Å². The van der Waals surface area contributed by atoms with Gasteiger partial charge in [0.1, 0.15) is 11.6 Å². The molecule has 0 bridgehead atoms. The molecule has 0 aliphatic heterocycles. The highest BCUT2D eigenvalue weighted by Gasteiger charge is 2.09. The Hall–Kier alpha value is -2.65. The van der Waals surface area contributed by atoms with Gasteiger partial charge in [0.2, 0.25) is 0 Å². The summed E-state index contributed by atoms with van der Waals surface area (Å²) in [7, 11) is 2.89. The minimum Gasteiger partial charge on any atom is -0.465 e. The molecule has 0 aliphatic rings. The van der Waals surface area contributed by atoms with Gasteiger partial charge in [-0.25, -0.2) is 4.79 Å². The monoisotopic (exact) mass is 302 g/mol. The van der Waals surface area contributed by atoms with Gasteiger partial charge in [-0.1, -0.05) is 12.1 Å². The second-order valence-corrected chi connectivity index (χ2v) is 4.39. The van der Waals surface area contributed by atoms with Gasteiger partial charge in [0.15, 0.2) is 0 Å². The molecule has 22 heavy (non-hydrogen) atoms. The maximum absolute atomic E-state index is 11.8. The van der Waals surface area contributed by atoms with Crippen LogP contribution in [-0.2, 0) is 14.3 Å². The van der Waals surface area contributed by atoms with E-state index in [1.54, 1.807) is 31.4 Å². The Kier molecular flexibility index (Phi) is 7.37. The lowest BCUT2D eigenvalue weighted by molar-refractivity contribution is -0.117. The maximum Gasteiger partial charge on any atom is 0.337 e. The molecule has 0 heterocycles. The molecule has 1 N–H and O–H groups in total. The zero-order valence-electron chi connectivity index (χ0n) is 12.6. The first-order valence-corrected chi connectivity index (χ1v) is 6.69. The molecular weight excluding hydrogens is 284 g/mol. The van der Waals surface area contributed by atoms with Gasteiger partial charge in [-0.2, -0.15) is 5.26 Å². The Balaban J connectivity index is 2.73. The molecule has 116 valence electrons. The number of nitriles is 1. The largest absolute Gasteiger partial charge is 0.465 e. The number of carbonyl (C=O) groups excluding carboxylic acids is 2. The van der Waals surface area contributed by atoms with Crippen LogP contribution < -0.4 is 5.32 Å². The first-order valence-electron chi connectivity index (χ1n) is 6.69. The zero-order valence-corrected chi connectivity index (χ0v) is 12.6. The van der Waals surface area contributed by atoms with Crippen molar-refractivity contribution < 1.29 is 19.1 Å². The third kappa shape index (κ3) is 5.38. The summed E-state index contributed by atoms with van der Waals surface area (Å²) in [6, 6.07) is 8.29. The Morgan fingerprint density at radius 1 is 1.27 bits per heavy atom. The number of benzene rings is 1. The van der Waals surface area contributed by atoms with E-state index in [-0.39, 0.29) is 5.57 Å². The summed E-state index contributed by atoms with van der Waals surface area (Å²) in [4.78, 5) is 23.2. The van der Waals surface area contributed by atoms with Crippen molar-refractivity contribution in [2.75, 3.05) is 27.4 Å². The molecule has 0 aliphatic carbocycles. The van der Waals surface area contributed by atoms with Crippen molar-refractivity contribution in [2.24, 2.45) is 0 Å². The molecule has 1 aromatic carbocycles. The van der Waals surface area contributed by atoms with Gasteiger partial charge in [0.25, 0.3) is 5.91 Å². The van der Waals surface area contributed by atoms with Crippen molar-refractivity contribution in [3.63, 3.8) is 0 Å². The van der Waals surface area contributed by atoms with Crippen LogP contribution >= 0.6 is 0 Å². The first kappa shape index (κ1) is 17.4. The average molecular weight is 302 g/mol. The normalized spacial score (nSPS) is 10.7. The summed E-state index contributed by atoms with van der Waals surface area (Å²) in [5.74, 6) is -0.873. The SMILES string of the molecule is COCCCNC(=O)/C(C#N)=C/c1ccc(C(=O)OC)cc1. The molecule has 6 nitrogen and oxygen atoms in total. The van der Waals surface area contributed by atoms with Crippen LogP contribution in [0.5, 0.6) is 0 Å². The molecule has 0 fully saturated rings. The van der Waals surface area contributed by atoms with Crippen LogP contribution in [0.15, 0.2) is 29.8 Å². The average Bonchev–Trinajstić information content (AvgIpc) is 2.56. The number of nitrogens with one attached hydrogen (secondary N) is 1. The van der Waals surface area contributed by atoms with Crippen molar-refractivity contribution in [2.45, 2.75) is 6.42 Å². The van der Waals surface area contributed by atoms with E-state index in [4.69, 9.17) is 10.00 Å². The molecule has 0 aromatic heterocycles. The lowest BCUT2D eigenvalue weighted by Gasteiger charge is -2.04. The van der Waals surface area contributed by atoms with E-state index in [1.165, 1.54) is 13.2 Å². The molecule has 0 saturated carbocycles. The van der Waals surface area contributed by atoms with Crippen molar-refractivity contribution in [1.82, 2.24) is 5.32 Å². The van der Waals surface area contributed by atoms with E-state index in [0.717, 1.165) is 0 Å². The summed E-state index contributed by atoms with van der Waals surface area (Å²) in [5.41, 5.74) is 1.06. The van der Waals surface area contributed by atoms with Crippen LogP contribution in [0.4, 0.5) is 0 Å². The number of hydrogen-bond acceptors (Lipinski definition) is 5. The highest BCUT2D eigenvalue weighted by atomic mass is 16.5. The molecule has 0 unspecified atom stereocenters. The van der Waals surface area contributed by atoms with Gasteiger partial charge >= 0.3 is 5.97 Å². The summed E-state index contributed by atoms with van der Waals surface area (Å²) in [6.45, 7) is 0.980. The van der Waals surface area contributed by atoms with Crippen LogP contribution in [0.1, 0.15) is 22.3 Å². The lowest BCUT2D eigenvalue weighted by Crippen LogP contribution is -2.26. The molecular formula is C16H18N2O4. The van der Waals surface area contributed by atoms with Crippen molar-refractivity contribution in [3.8, 4) is 6.07 Å². The third-order valence-electron chi connectivity index (χ3n) is 2.82. The van der Waals surface area contributed by atoms with Crippen molar-refractivity contribution in [1.29, 1.82) is 5.26 Å². The first-order chi connectivity index (χ1) is 10.6. The quantitative estimate of drug-likeness (QED) is 0.357. The third-order valence-corrected chi connectivity index (χ3v) is 2.82. The minimum absolute atomic E-state index is 0.00300. The second kappa shape index (κ2) is 9.32. The maximum atomic E-state index is 11.8. The lowest BCUT2D eigenvalue weighted by atomic mass is 10.1. The highest BCUT2D eigenvalue weighted by Crippen LogP contribution is 2.10. The summed E-state index contributed by atoms with van der Waals surface area (Å²) >= 11 is 0. The Bertz CT molecular complexity index is 585. The van der Waals surface area contributed by atoms with E-state index in [9.17, 15) is 9.59 Å². The van der Waals surface area contributed by atoms with Crippen molar-refractivity contribution >= 4 is 18.0 Å². The van der Waals surface area contributed by atoms with Gasteiger partial charge in [0, 0.05) is 20.3 Å². The predicted molar refractivity (Wildman–Crippen MR) is 80.9 cm³/mol. The minimum atomic E-state index is -0.438. The summed E-state index contributed by atoms with van der Waals surface area (Å²) < 4.78 is 9.48. The van der Waals surface area contributed by atoms with Crippen LogP contribution in [-0.4, -0.2) is 39.2 Å². The molecule has 0 spiro atoms. The second-order valence-electron chi connectivity index (χ2n) is 4.39. The number of ether oxygens (including phenoxy) is 2. The molecule has 1 rings (SSSR count). The number of nitrogens with zero attached hydrogens (tertiary/aromatic N) is 1. The number of esters is 1. The van der Waals surface area contributed by atoms with Crippen LogP contribution in [0.2, 0.25) is 0 Å². The molecule has 0 saturated heterocycles. The molecule has 1 amide bonds. The topological polar surface area (TPSA) is 88.4 Å². The summed E-state index contributed by atoms with van der Waals surface area (Å²) in [6.07, 6.45) is 2.14. The number of methoxy groups -OCH3 is 2. The van der Waals surface area contributed by atoms with E-state index in [2.05, 4.69) is 10.1 Å². The van der Waals surface area contributed by atoms with Gasteiger partial charge in [-0.05, 0) is 30.2 Å². The fraction of sp³-hybridized carbons (Fsp3) is 0.312. The highest BCUT2D eigenvalue weighted by molar-refractivity contribution is 6.01. The van der Waals surface area contributed by atoms with E-state index < -0.39 is 11.9 Å². The van der Waals surface area contributed by atoms with Gasteiger partial charge in [-0.3, -0.25) is 4.79 Å².